The number of carbonyl (C=O) groups is 1. The molecule has 10 heteroatoms. The van der Waals surface area contributed by atoms with Crippen LogP contribution in [0.5, 0.6) is 0 Å². The van der Waals surface area contributed by atoms with Crippen LogP contribution in [0.3, 0.4) is 0 Å². The van der Waals surface area contributed by atoms with Crippen LogP contribution in [0.25, 0.3) is 0 Å². The average Bonchev–Trinajstić information content (AvgIpc) is 2.79. The molecule has 2 aromatic carbocycles. The fraction of sp³-hybridized carbons (Fsp3) is 0.409. The highest BCUT2D eigenvalue weighted by atomic mass is 35.5. The molecule has 0 bridgehead atoms. The summed E-state index contributed by atoms with van der Waals surface area (Å²) in [5.74, 6) is -0.287. The summed E-state index contributed by atoms with van der Waals surface area (Å²) in [6.45, 7) is 0.800. The summed E-state index contributed by atoms with van der Waals surface area (Å²) in [4.78, 5) is 14.7. The van der Waals surface area contributed by atoms with Gasteiger partial charge in [-0.25, -0.2) is 8.42 Å². The molecule has 0 aromatic heterocycles. The van der Waals surface area contributed by atoms with Crippen molar-refractivity contribution >= 4 is 39.1 Å². The summed E-state index contributed by atoms with van der Waals surface area (Å²) >= 11 is 12.3. The molecule has 0 radical (unpaired) electrons. The molecule has 32 heavy (non-hydrogen) atoms. The summed E-state index contributed by atoms with van der Waals surface area (Å²) < 4.78 is 33.0. The number of hydrogen-bond donors (Lipinski definition) is 1. The molecule has 2 heterocycles. The molecule has 0 saturated carbocycles. The predicted molar refractivity (Wildman–Crippen MR) is 121 cm³/mol. The van der Waals surface area contributed by atoms with Crippen LogP contribution >= 0.6 is 23.2 Å². The molecule has 1 N–H and O–H groups in total. The molecule has 172 valence electrons. The number of aliphatic hydroxyl groups is 1. The number of likely N-dealkylation sites (tertiary alicyclic amines) is 1. The molecular weight excluding hydrogens is 475 g/mol. The van der Waals surface area contributed by atoms with Gasteiger partial charge in [-0.3, -0.25) is 4.79 Å². The summed E-state index contributed by atoms with van der Waals surface area (Å²) in [7, 11) is -3.85. The lowest BCUT2D eigenvalue weighted by molar-refractivity contribution is -0.151. The zero-order valence-electron chi connectivity index (χ0n) is 17.3. The van der Waals surface area contributed by atoms with Crippen molar-refractivity contribution in [1.29, 1.82) is 0 Å². The maximum absolute atomic E-state index is 13.1. The molecule has 1 atom stereocenters. The van der Waals surface area contributed by atoms with Crippen LogP contribution in [-0.2, 0) is 25.2 Å². The second-order valence-electron chi connectivity index (χ2n) is 7.99. The molecule has 7 nitrogen and oxygen atoms in total. The number of nitrogens with zero attached hydrogens (tertiary/aromatic N) is 2. The fourth-order valence-corrected chi connectivity index (χ4v) is 6.42. The number of sulfonamides is 1. The maximum atomic E-state index is 13.1. The van der Waals surface area contributed by atoms with Crippen LogP contribution in [0.4, 0.5) is 0 Å². The van der Waals surface area contributed by atoms with E-state index in [4.69, 9.17) is 27.9 Å². The summed E-state index contributed by atoms with van der Waals surface area (Å²) in [6.07, 6.45) is -0.249. The van der Waals surface area contributed by atoms with Crippen molar-refractivity contribution in [3.05, 3.63) is 64.1 Å². The minimum absolute atomic E-state index is 0.0116. The van der Waals surface area contributed by atoms with Crippen molar-refractivity contribution in [3.63, 3.8) is 0 Å². The third kappa shape index (κ3) is 4.53. The Morgan fingerprint density at radius 1 is 1.00 bits per heavy atom. The van der Waals surface area contributed by atoms with Gasteiger partial charge >= 0.3 is 0 Å². The third-order valence-corrected chi connectivity index (χ3v) is 8.73. The highest BCUT2D eigenvalue weighted by Crippen LogP contribution is 2.37. The summed E-state index contributed by atoms with van der Waals surface area (Å²) in [6, 6.07) is 13.4. The van der Waals surface area contributed by atoms with Gasteiger partial charge < -0.3 is 14.7 Å². The van der Waals surface area contributed by atoms with Gasteiger partial charge in [-0.2, -0.15) is 4.31 Å². The Kier molecular flexibility index (Phi) is 6.81. The Morgan fingerprint density at radius 2 is 1.62 bits per heavy atom. The first-order chi connectivity index (χ1) is 15.2. The van der Waals surface area contributed by atoms with E-state index in [1.807, 2.05) is 6.07 Å². The van der Waals surface area contributed by atoms with Gasteiger partial charge in [-0.1, -0.05) is 53.5 Å². The highest BCUT2D eigenvalue weighted by Gasteiger charge is 2.41. The molecule has 2 saturated heterocycles. The molecule has 0 spiro atoms. The first-order valence-corrected chi connectivity index (χ1v) is 12.5. The van der Waals surface area contributed by atoms with Crippen LogP contribution in [0.15, 0.2) is 53.4 Å². The van der Waals surface area contributed by atoms with Gasteiger partial charge in [0.1, 0.15) is 11.0 Å². The molecule has 0 aliphatic carbocycles. The smallest absolute Gasteiger partial charge is 0.253 e. The monoisotopic (exact) mass is 498 g/mol. The van der Waals surface area contributed by atoms with Crippen molar-refractivity contribution < 1.29 is 23.1 Å². The first kappa shape index (κ1) is 23.5. The van der Waals surface area contributed by atoms with Gasteiger partial charge in [0.2, 0.25) is 10.0 Å². The van der Waals surface area contributed by atoms with Gasteiger partial charge in [0.05, 0.1) is 17.2 Å². The van der Waals surface area contributed by atoms with Crippen molar-refractivity contribution in [1.82, 2.24) is 9.21 Å². The number of benzene rings is 2. The van der Waals surface area contributed by atoms with E-state index < -0.39 is 21.7 Å². The van der Waals surface area contributed by atoms with E-state index in [1.165, 1.54) is 16.4 Å². The zero-order valence-corrected chi connectivity index (χ0v) is 19.6. The first-order valence-electron chi connectivity index (χ1n) is 10.3. The third-order valence-electron chi connectivity index (χ3n) is 6.04. The van der Waals surface area contributed by atoms with E-state index in [9.17, 15) is 18.3 Å². The van der Waals surface area contributed by atoms with E-state index >= 15 is 0 Å². The molecule has 2 aliphatic rings. The molecule has 0 unspecified atom stereocenters. The van der Waals surface area contributed by atoms with Crippen molar-refractivity contribution in [3.8, 4) is 0 Å². The lowest BCUT2D eigenvalue weighted by atomic mass is 9.84. The number of piperidine rings is 1. The SMILES string of the molecule is O=C([C@H]1CN(S(=O)(=O)c2ccccc2Cl)CCO1)N1CCC(O)(c2ccccc2Cl)CC1. The minimum atomic E-state index is -3.85. The lowest BCUT2D eigenvalue weighted by Crippen LogP contribution is -2.55. The molecule has 2 aliphatic heterocycles. The van der Waals surface area contributed by atoms with Gasteiger partial charge in [-0.05, 0) is 31.0 Å². The van der Waals surface area contributed by atoms with E-state index in [2.05, 4.69) is 0 Å². The van der Waals surface area contributed by atoms with E-state index in [-0.39, 0.29) is 35.5 Å². The van der Waals surface area contributed by atoms with Gasteiger partial charge in [-0.15, -0.1) is 0 Å². The second kappa shape index (κ2) is 9.29. The minimum Gasteiger partial charge on any atom is -0.385 e. The van der Waals surface area contributed by atoms with E-state index in [0.29, 0.717) is 36.5 Å². The van der Waals surface area contributed by atoms with Crippen LogP contribution < -0.4 is 0 Å². The van der Waals surface area contributed by atoms with Crippen LogP contribution in [0.1, 0.15) is 18.4 Å². The zero-order chi connectivity index (χ0) is 22.9. The molecular formula is C22H24Cl2N2O5S. The number of ether oxygens (including phenoxy) is 1. The molecule has 2 aromatic rings. The molecule has 1 amide bonds. The van der Waals surface area contributed by atoms with Crippen LogP contribution in [0.2, 0.25) is 10.0 Å². The van der Waals surface area contributed by atoms with Gasteiger partial charge in [0.25, 0.3) is 5.91 Å². The molecule has 4 rings (SSSR count). The Hall–Kier alpha value is -1.68. The number of halogens is 2. The summed E-state index contributed by atoms with van der Waals surface area (Å²) in [5.41, 5.74) is -0.457. The number of morpholine rings is 1. The van der Waals surface area contributed by atoms with Crippen molar-refractivity contribution in [2.24, 2.45) is 0 Å². The highest BCUT2D eigenvalue weighted by molar-refractivity contribution is 7.89. The summed E-state index contributed by atoms with van der Waals surface area (Å²) in [5, 5.41) is 11.7. The number of carbonyl (C=O) groups excluding carboxylic acids is 1. The Bertz CT molecular complexity index is 1100. The standard InChI is InChI=1S/C22H24Cl2N2O5S/c23-17-6-2-1-5-16(17)22(28)9-11-25(12-10-22)21(27)19-15-26(13-14-31-19)32(29,30)20-8-4-3-7-18(20)24/h1-8,19,28H,9-15H2/t19-/m1/s1. The maximum Gasteiger partial charge on any atom is 0.253 e. The Labute approximate surface area is 197 Å². The number of amides is 1. The fourth-order valence-electron chi connectivity index (χ4n) is 4.20. The largest absolute Gasteiger partial charge is 0.385 e. The van der Waals surface area contributed by atoms with Crippen LogP contribution in [0, 0.1) is 0 Å². The van der Waals surface area contributed by atoms with Crippen molar-refractivity contribution in [2.45, 2.75) is 29.4 Å². The van der Waals surface area contributed by atoms with Gasteiger partial charge in [0, 0.05) is 36.8 Å². The molecule has 2 fully saturated rings. The number of hydrogen-bond acceptors (Lipinski definition) is 5. The van der Waals surface area contributed by atoms with Crippen LogP contribution in [-0.4, -0.2) is 67.5 Å². The van der Waals surface area contributed by atoms with Crippen molar-refractivity contribution in [2.75, 3.05) is 32.8 Å². The predicted octanol–water partition coefficient (Wildman–Crippen LogP) is 2.89. The van der Waals surface area contributed by atoms with E-state index in [0.717, 1.165) is 0 Å². The number of rotatable bonds is 4. The quantitative estimate of drug-likeness (QED) is 0.699. The Balaban J connectivity index is 1.43. The second-order valence-corrected chi connectivity index (χ2v) is 10.7. The topological polar surface area (TPSA) is 87.2 Å². The van der Waals surface area contributed by atoms with Gasteiger partial charge in [0.15, 0.2) is 0 Å². The van der Waals surface area contributed by atoms with E-state index in [1.54, 1.807) is 35.2 Å². The normalized spacial score (nSPS) is 22.0. The Morgan fingerprint density at radius 3 is 2.28 bits per heavy atom. The lowest BCUT2D eigenvalue weighted by Gasteiger charge is -2.41. The average molecular weight is 499 g/mol.